The summed E-state index contributed by atoms with van der Waals surface area (Å²) in [5.74, 6) is 0.885. The van der Waals surface area contributed by atoms with E-state index in [2.05, 4.69) is 13.0 Å². The van der Waals surface area contributed by atoms with Gasteiger partial charge in [0.1, 0.15) is 5.75 Å². The van der Waals surface area contributed by atoms with E-state index in [-0.39, 0.29) is 0 Å². The van der Waals surface area contributed by atoms with Gasteiger partial charge in [-0.15, -0.1) is 0 Å². The molecule has 0 saturated heterocycles. The molecule has 0 N–H and O–H groups in total. The van der Waals surface area contributed by atoms with Gasteiger partial charge in [0.15, 0.2) is 0 Å². The van der Waals surface area contributed by atoms with Crippen LogP contribution in [0.3, 0.4) is 0 Å². The second-order valence-corrected chi connectivity index (χ2v) is 3.76. The van der Waals surface area contributed by atoms with Crippen LogP contribution in [0.5, 0.6) is 5.75 Å². The Labute approximate surface area is 97.3 Å². The zero-order chi connectivity index (χ0) is 11.8. The van der Waals surface area contributed by atoms with E-state index in [1.807, 2.05) is 12.1 Å². The van der Waals surface area contributed by atoms with Crippen LogP contribution in [0.15, 0.2) is 18.2 Å². The maximum atomic E-state index is 5.54. The van der Waals surface area contributed by atoms with Crippen molar-refractivity contribution in [3.8, 4) is 5.75 Å². The summed E-state index contributed by atoms with van der Waals surface area (Å²) in [6.07, 6.45) is 0.930. The maximum Gasteiger partial charge on any atom is 0.119 e. The molecule has 0 bridgehead atoms. The third-order valence-electron chi connectivity index (χ3n) is 2.25. The number of aryl methyl sites for hydroxylation is 1. The first-order chi connectivity index (χ1) is 7.76. The zero-order valence-corrected chi connectivity index (χ0v) is 10.3. The molecule has 0 aliphatic rings. The fraction of sp³-hybridized carbons (Fsp3) is 0.538. The zero-order valence-electron chi connectivity index (χ0n) is 10.3. The summed E-state index contributed by atoms with van der Waals surface area (Å²) in [6, 6.07) is 6.12. The Morgan fingerprint density at radius 3 is 2.56 bits per heavy atom. The van der Waals surface area contributed by atoms with Gasteiger partial charge in [0, 0.05) is 20.3 Å². The lowest BCUT2D eigenvalue weighted by atomic mass is 10.1. The minimum absolute atomic E-state index is 0.627. The smallest absolute Gasteiger partial charge is 0.119 e. The molecular weight excluding hydrogens is 204 g/mol. The summed E-state index contributed by atoms with van der Waals surface area (Å²) in [4.78, 5) is 0. The van der Waals surface area contributed by atoms with E-state index >= 15 is 0 Å². The summed E-state index contributed by atoms with van der Waals surface area (Å²) in [7, 11) is 3.38. The molecule has 0 amide bonds. The number of hydrogen-bond donors (Lipinski definition) is 0. The monoisotopic (exact) mass is 224 g/mol. The normalized spacial score (nSPS) is 10.4. The van der Waals surface area contributed by atoms with E-state index in [0.29, 0.717) is 6.61 Å². The first-order valence-corrected chi connectivity index (χ1v) is 5.47. The van der Waals surface area contributed by atoms with Crippen LogP contribution >= 0.6 is 0 Å². The molecule has 0 unspecified atom stereocenters. The Hall–Kier alpha value is -1.06. The fourth-order valence-corrected chi connectivity index (χ4v) is 1.52. The quantitative estimate of drug-likeness (QED) is 0.666. The van der Waals surface area contributed by atoms with Crippen LogP contribution in [0.4, 0.5) is 0 Å². The molecule has 1 rings (SSSR count). The van der Waals surface area contributed by atoms with Crippen LogP contribution in [0.25, 0.3) is 0 Å². The van der Waals surface area contributed by atoms with Gasteiger partial charge in [-0.25, -0.2) is 0 Å². The highest BCUT2D eigenvalue weighted by molar-refractivity contribution is 5.33. The summed E-state index contributed by atoms with van der Waals surface area (Å²) in [5, 5.41) is 0. The molecule has 0 saturated carbocycles. The van der Waals surface area contributed by atoms with Gasteiger partial charge in [0.05, 0.1) is 13.7 Å². The highest BCUT2D eigenvalue weighted by Crippen LogP contribution is 2.16. The van der Waals surface area contributed by atoms with E-state index in [1.54, 1.807) is 14.2 Å². The number of rotatable bonds is 7. The molecule has 0 spiro atoms. The summed E-state index contributed by atoms with van der Waals surface area (Å²) >= 11 is 0. The maximum absolute atomic E-state index is 5.54. The van der Waals surface area contributed by atoms with Crippen molar-refractivity contribution in [1.82, 2.24) is 0 Å². The molecule has 0 aliphatic heterocycles. The number of methoxy groups -OCH3 is 2. The van der Waals surface area contributed by atoms with Crippen LogP contribution in [0.1, 0.15) is 17.5 Å². The molecule has 0 fully saturated rings. The predicted molar refractivity (Wildman–Crippen MR) is 63.9 cm³/mol. The van der Waals surface area contributed by atoms with Crippen LogP contribution < -0.4 is 4.74 Å². The van der Waals surface area contributed by atoms with Crippen molar-refractivity contribution >= 4 is 0 Å². The molecule has 3 heteroatoms. The standard InChI is InChI=1S/C13H20O3/c1-11-7-12(9-13(8-11)15-3)10-16-6-4-5-14-2/h7-9H,4-6,10H2,1-3H3. The average molecular weight is 224 g/mol. The Bertz CT molecular complexity index is 310. The lowest BCUT2D eigenvalue weighted by Crippen LogP contribution is -1.99. The molecule has 0 radical (unpaired) electrons. The topological polar surface area (TPSA) is 27.7 Å². The van der Waals surface area contributed by atoms with Gasteiger partial charge in [-0.1, -0.05) is 6.07 Å². The minimum atomic E-state index is 0.627. The van der Waals surface area contributed by atoms with E-state index in [9.17, 15) is 0 Å². The number of hydrogen-bond acceptors (Lipinski definition) is 3. The molecule has 1 aromatic rings. The molecule has 0 aromatic heterocycles. The number of benzene rings is 1. The minimum Gasteiger partial charge on any atom is -0.497 e. The Balaban J connectivity index is 2.38. The third-order valence-corrected chi connectivity index (χ3v) is 2.25. The van der Waals surface area contributed by atoms with Crippen LogP contribution in [0.2, 0.25) is 0 Å². The highest BCUT2D eigenvalue weighted by atomic mass is 16.5. The van der Waals surface area contributed by atoms with E-state index < -0.39 is 0 Å². The van der Waals surface area contributed by atoms with Crippen molar-refractivity contribution in [2.75, 3.05) is 27.4 Å². The van der Waals surface area contributed by atoms with Crippen molar-refractivity contribution in [3.05, 3.63) is 29.3 Å². The van der Waals surface area contributed by atoms with E-state index in [1.165, 1.54) is 5.56 Å². The van der Waals surface area contributed by atoms with Crippen molar-refractivity contribution < 1.29 is 14.2 Å². The van der Waals surface area contributed by atoms with Gasteiger partial charge >= 0.3 is 0 Å². The first kappa shape index (κ1) is 13.0. The molecule has 0 aliphatic carbocycles. The lowest BCUT2D eigenvalue weighted by molar-refractivity contribution is 0.0927. The Morgan fingerprint density at radius 1 is 1.06 bits per heavy atom. The Kier molecular flexibility index (Phi) is 5.90. The summed E-state index contributed by atoms with van der Waals surface area (Å²) < 4.78 is 15.7. The van der Waals surface area contributed by atoms with Gasteiger partial charge in [0.25, 0.3) is 0 Å². The molecule has 3 nitrogen and oxygen atoms in total. The van der Waals surface area contributed by atoms with Gasteiger partial charge in [-0.05, 0) is 36.6 Å². The molecular formula is C13H20O3. The first-order valence-electron chi connectivity index (χ1n) is 5.47. The third kappa shape index (κ3) is 4.64. The second kappa shape index (κ2) is 7.25. The fourth-order valence-electron chi connectivity index (χ4n) is 1.52. The van der Waals surface area contributed by atoms with Gasteiger partial charge in [-0.2, -0.15) is 0 Å². The van der Waals surface area contributed by atoms with Gasteiger partial charge in [-0.3, -0.25) is 0 Å². The van der Waals surface area contributed by atoms with Gasteiger partial charge in [0.2, 0.25) is 0 Å². The van der Waals surface area contributed by atoms with Crippen molar-refractivity contribution in [3.63, 3.8) is 0 Å². The van der Waals surface area contributed by atoms with Crippen molar-refractivity contribution in [2.24, 2.45) is 0 Å². The average Bonchev–Trinajstić information content (AvgIpc) is 2.28. The van der Waals surface area contributed by atoms with E-state index in [0.717, 1.165) is 30.9 Å². The molecule has 16 heavy (non-hydrogen) atoms. The van der Waals surface area contributed by atoms with Crippen molar-refractivity contribution in [2.45, 2.75) is 20.0 Å². The van der Waals surface area contributed by atoms with Crippen LogP contribution in [-0.4, -0.2) is 27.4 Å². The molecule has 1 aromatic carbocycles. The molecule has 90 valence electrons. The van der Waals surface area contributed by atoms with Crippen molar-refractivity contribution in [1.29, 1.82) is 0 Å². The molecule has 0 heterocycles. The second-order valence-electron chi connectivity index (χ2n) is 3.76. The summed E-state index contributed by atoms with van der Waals surface area (Å²) in [5.41, 5.74) is 2.34. The molecule has 0 atom stereocenters. The van der Waals surface area contributed by atoms with E-state index in [4.69, 9.17) is 14.2 Å². The predicted octanol–water partition coefficient (Wildman–Crippen LogP) is 2.56. The van der Waals surface area contributed by atoms with Crippen LogP contribution in [-0.2, 0) is 16.1 Å². The largest absolute Gasteiger partial charge is 0.497 e. The number of ether oxygens (including phenoxy) is 3. The van der Waals surface area contributed by atoms with Crippen LogP contribution in [0, 0.1) is 6.92 Å². The van der Waals surface area contributed by atoms with Gasteiger partial charge < -0.3 is 14.2 Å². The summed E-state index contributed by atoms with van der Waals surface area (Å²) in [6.45, 7) is 4.15. The Morgan fingerprint density at radius 2 is 1.88 bits per heavy atom. The lowest BCUT2D eigenvalue weighted by Gasteiger charge is -2.07. The highest BCUT2D eigenvalue weighted by Gasteiger charge is 1.99. The SMILES string of the molecule is COCCCOCc1cc(C)cc(OC)c1.